The zero-order valence-corrected chi connectivity index (χ0v) is 11.7. The lowest BCUT2D eigenvalue weighted by atomic mass is 9.91. The first-order valence-electron chi connectivity index (χ1n) is 6.19. The van der Waals surface area contributed by atoms with Gasteiger partial charge in [0.25, 0.3) is 0 Å². The Morgan fingerprint density at radius 2 is 2.05 bits per heavy atom. The quantitative estimate of drug-likeness (QED) is 0.680. The first-order valence-corrected chi connectivity index (χ1v) is 6.19. The van der Waals surface area contributed by atoms with E-state index >= 15 is 0 Å². The van der Waals surface area contributed by atoms with Gasteiger partial charge in [-0.2, -0.15) is 0 Å². The molecule has 0 aliphatic rings. The Morgan fingerprint density at radius 1 is 1.37 bits per heavy atom. The maximum atomic E-state index is 11.7. The Kier molecular flexibility index (Phi) is 5.79. The summed E-state index contributed by atoms with van der Waals surface area (Å²) in [5, 5.41) is 3.14. The average molecular weight is 266 g/mol. The summed E-state index contributed by atoms with van der Waals surface area (Å²) >= 11 is 0. The van der Waals surface area contributed by atoms with Crippen molar-refractivity contribution in [2.75, 3.05) is 27.4 Å². The lowest BCUT2D eigenvalue weighted by molar-refractivity contribution is -0.123. The standard InChI is InChI=1S/C14H22N2O3/c1-14(13(15)17,16-8-9-18-2)10-11-6-4-5-7-12(11)19-3/h4-7,16H,8-10H2,1-3H3,(H2,15,17). The van der Waals surface area contributed by atoms with Crippen LogP contribution in [-0.2, 0) is 16.0 Å². The van der Waals surface area contributed by atoms with Gasteiger partial charge in [-0.1, -0.05) is 18.2 Å². The van der Waals surface area contributed by atoms with Crippen molar-refractivity contribution in [1.82, 2.24) is 5.32 Å². The number of methoxy groups -OCH3 is 2. The van der Waals surface area contributed by atoms with E-state index in [4.69, 9.17) is 15.2 Å². The van der Waals surface area contributed by atoms with Gasteiger partial charge in [-0.05, 0) is 18.6 Å². The van der Waals surface area contributed by atoms with Crippen molar-refractivity contribution in [3.05, 3.63) is 29.8 Å². The molecule has 1 unspecified atom stereocenters. The molecule has 3 N–H and O–H groups in total. The van der Waals surface area contributed by atoms with E-state index in [0.29, 0.717) is 19.6 Å². The smallest absolute Gasteiger partial charge is 0.237 e. The van der Waals surface area contributed by atoms with Gasteiger partial charge in [-0.25, -0.2) is 0 Å². The number of hydrogen-bond acceptors (Lipinski definition) is 4. The molecular weight excluding hydrogens is 244 g/mol. The summed E-state index contributed by atoms with van der Waals surface area (Å²) in [6, 6.07) is 7.60. The summed E-state index contributed by atoms with van der Waals surface area (Å²) in [5.41, 5.74) is 5.62. The predicted octanol–water partition coefficient (Wildman–Crippen LogP) is 0.718. The minimum Gasteiger partial charge on any atom is -0.496 e. The molecular formula is C14H22N2O3. The number of para-hydroxylation sites is 1. The van der Waals surface area contributed by atoms with Crippen LogP contribution in [0.2, 0.25) is 0 Å². The fourth-order valence-corrected chi connectivity index (χ4v) is 1.90. The van der Waals surface area contributed by atoms with Gasteiger partial charge >= 0.3 is 0 Å². The molecule has 1 rings (SSSR count). The molecule has 0 saturated heterocycles. The van der Waals surface area contributed by atoms with E-state index in [1.54, 1.807) is 21.1 Å². The fraction of sp³-hybridized carbons (Fsp3) is 0.500. The topological polar surface area (TPSA) is 73.6 Å². The molecule has 0 spiro atoms. The molecule has 0 aliphatic heterocycles. The Bertz CT molecular complexity index is 423. The first kappa shape index (κ1) is 15.5. The molecule has 1 atom stereocenters. The second-order valence-electron chi connectivity index (χ2n) is 4.60. The molecule has 0 heterocycles. The van der Waals surface area contributed by atoms with Crippen molar-refractivity contribution in [3.63, 3.8) is 0 Å². The Balaban J connectivity index is 2.85. The molecule has 5 heteroatoms. The van der Waals surface area contributed by atoms with Crippen LogP contribution in [-0.4, -0.2) is 38.8 Å². The minimum atomic E-state index is -0.826. The Morgan fingerprint density at radius 3 is 2.63 bits per heavy atom. The van der Waals surface area contributed by atoms with Gasteiger partial charge in [0, 0.05) is 20.1 Å². The zero-order chi connectivity index (χ0) is 14.3. The molecule has 1 aromatic carbocycles. The SMILES string of the molecule is COCCNC(C)(Cc1ccccc1OC)C(N)=O. The van der Waals surface area contributed by atoms with Gasteiger partial charge in [-0.3, -0.25) is 4.79 Å². The lowest BCUT2D eigenvalue weighted by Gasteiger charge is -2.28. The number of carbonyl (C=O) groups excluding carboxylic acids is 1. The van der Waals surface area contributed by atoms with Crippen molar-refractivity contribution in [2.24, 2.45) is 5.73 Å². The third kappa shape index (κ3) is 4.22. The molecule has 0 aliphatic carbocycles. The number of amides is 1. The Hall–Kier alpha value is -1.59. The predicted molar refractivity (Wildman–Crippen MR) is 74.2 cm³/mol. The van der Waals surface area contributed by atoms with Crippen LogP contribution < -0.4 is 15.8 Å². The molecule has 19 heavy (non-hydrogen) atoms. The molecule has 0 aromatic heterocycles. The summed E-state index contributed by atoms with van der Waals surface area (Å²) in [6.07, 6.45) is 0.468. The fourth-order valence-electron chi connectivity index (χ4n) is 1.90. The van der Waals surface area contributed by atoms with E-state index in [-0.39, 0.29) is 0 Å². The van der Waals surface area contributed by atoms with Crippen LogP contribution in [0.5, 0.6) is 5.75 Å². The van der Waals surface area contributed by atoms with Crippen molar-refractivity contribution < 1.29 is 14.3 Å². The zero-order valence-electron chi connectivity index (χ0n) is 11.7. The average Bonchev–Trinajstić information content (AvgIpc) is 2.39. The Labute approximate surface area is 114 Å². The van der Waals surface area contributed by atoms with Crippen LogP contribution in [0.3, 0.4) is 0 Å². The van der Waals surface area contributed by atoms with E-state index in [1.165, 1.54) is 0 Å². The number of ether oxygens (including phenoxy) is 2. The second-order valence-corrected chi connectivity index (χ2v) is 4.60. The lowest BCUT2D eigenvalue weighted by Crippen LogP contribution is -2.55. The number of nitrogens with one attached hydrogen (secondary N) is 1. The highest BCUT2D eigenvalue weighted by molar-refractivity contribution is 5.84. The third-order valence-electron chi connectivity index (χ3n) is 3.10. The molecule has 0 radical (unpaired) electrons. The molecule has 5 nitrogen and oxygen atoms in total. The number of carbonyl (C=O) groups is 1. The molecule has 0 saturated carbocycles. The molecule has 0 fully saturated rings. The van der Waals surface area contributed by atoms with Crippen LogP contribution in [0, 0.1) is 0 Å². The van der Waals surface area contributed by atoms with Crippen LogP contribution in [0.15, 0.2) is 24.3 Å². The van der Waals surface area contributed by atoms with Crippen molar-refractivity contribution in [3.8, 4) is 5.75 Å². The van der Waals surface area contributed by atoms with Crippen LogP contribution in [0.4, 0.5) is 0 Å². The highest BCUT2D eigenvalue weighted by atomic mass is 16.5. The van der Waals surface area contributed by atoms with Crippen LogP contribution >= 0.6 is 0 Å². The van der Waals surface area contributed by atoms with E-state index in [1.807, 2.05) is 24.3 Å². The maximum absolute atomic E-state index is 11.7. The highest BCUT2D eigenvalue weighted by Crippen LogP contribution is 2.22. The maximum Gasteiger partial charge on any atom is 0.237 e. The van der Waals surface area contributed by atoms with Crippen molar-refractivity contribution in [2.45, 2.75) is 18.9 Å². The normalized spacial score (nSPS) is 13.8. The highest BCUT2D eigenvalue weighted by Gasteiger charge is 2.31. The van der Waals surface area contributed by atoms with E-state index in [2.05, 4.69) is 5.32 Å². The van der Waals surface area contributed by atoms with E-state index < -0.39 is 11.4 Å². The van der Waals surface area contributed by atoms with Crippen LogP contribution in [0.25, 0.3) is 0 Å². The second kappa shape index (κ2) is 7.11. The van der Waals surface area contributed by atoms with Crippen molar-refractivity contribution >= 4 is 5.91 Å². The molecule has 1 aromatic rings. The van der Waals surface area contributed by atoms with E-state index in [0.717, 1.165) is 11.3 Å². The van der Waals surface area contributed by atoms with Crippen molar-refractivity contribution in [1.29, 1.82) is 0 Å². The largest absolute Gasteiger partial charge is 0.496 e. The van der Waals surface area contributed by atoms with Gasteiger partial charge in [0.2, 0.25) is 5.91 Å². The first-order chi connectivity index (χ1) is 9.03. The summed E-state index contributed by atoms with van der Waals surface area (Å²) < 4.78 is 10.3. The van der Waals surface area contributed by atoms with E-state index in [9.17, 15) is 4.79 Å². The monoisotopic (exact) mass is 266 g/mol. The number of benzene rings is 1. The molecule has 106 valence electrons. The van der Waals surface area contributed by atoms with Crippen LogP contribution in [0.1, 0.15) is 12.5 Å². The third-order valence-corrected chi connectivity index (χ3v) is 3.10. The minimum absolute atomic E-state index is 0.394. The summed E-state index contributed by atoms with van der Waals surface area (Å²) in [6.45, 7) is 2.87. The van der Waals surface area contributed by atoms with Gasteiger partial charge in [0.05, 0.1) is 19.3 Å². The van der Waals surface area contributed by atoms with Gasteiger partial charge in [-0.15, -0.1) is 0 Å². The number of primary amides is 1. The molecule has 1 amide bonds. The van der Waals surface area contributed by atoms with Gasteiger partial charge in [0.15, 0.2) is 0 Å². The van der Waals surface area contributed by atoms with Gasteiger partial charge < -0.3 is 20.5 Å². The summed E-state index contributed by atoms with van der Waals surface area (Å²) in [7, 11) is 3.22. The molecule has 0 bridgehead atoms. The number of hydrogen-bond donors (Lipinski definition) is 2. The van der Waals surface area contributed by atoms with Gasteiger partial charge in [0.1, 0.15) is 5.75 Å². The number of rotatable bonds is 8. The summed E-state index contributed by atoms with van der Waals surface area (Å²) in [5.74, 6) is 0.359. The number of nitrogens with two attached hydrogens (primary N) is 1. The summed E-state index contributed by atoms with van der Waals surface area (Å²) in [4.78, 5) is 11.7.